The fraction of sp³-hybridized carbons (Fsp3) is 0.333. The van der Waals surface area contributed by atoms with Crippen LogP contribution in [0.4, 0.5) is 10.1 Å². The molecule has 0 aliphatic rings. The van der Waals surface area contributed by atoms with E-state index in [-0.39, 0.29) is 29.1 Å². The van der Waals surface area contributed by atoms with Crippen molar-refractivity contribution in [3.8, 4) is 11.5 Å². The number of hydrogen-bond acceptors (Lipinski definition) is 5. The Morgan fingerprint density at radius 2 is 1.69 bits per heavy atom. The van der Waals surface area contributed by atoms with Gasteiger partial charge in [-0.2, -0.15) is 0 Å². The molecule has 0 unspecified atom stereocenters. The van der Waals surface area contributed by atoms with Crippen molar-refractivity contribution in [3.63, 3.8) is 0 Å². The lowest BCUT2D eigenvalue weighted by molar-refractivity contribution is -0.127. The smallest absolute Gasteiger partial charge is 0.234 e. The van der Waals surface area contributed by atoms with Gasteiger partial charge in [-0.05, 0) is 54.4 Å². The Morgan fingerprint density at radius 1 is 1.07 bits per heavy atom. The Morgan fingerprint density at radius 3 is 2.31 bits per heavy atom. The van der Waals surface area contributed by atoms with Gasteiger partial charge in [-0.15, -0.1) is 11.8 Å². The maximum absolute atomic E-state index is 12.9. The van der Waals surface area contributed by atoms with Crippen molar-refractivity contribution in [2.24, 2.45) is 0 Å². The number of carbonyl (C=O) groups excluding carboxylic acids is 2. The zero-order valence-corrected chi connectivity index (χ0v) is 17.8. The number of nitrogens with one attached hydrogen (secondary N) is 1. The molecular weight excluding hydrogens is 395 g/mol. The van der Waals surface area contributed by atoms with Gasteiger partial charge in [-0.3, -0.25) is 9.59 Å². The summed E-state index contributed by atoms with van der Waals surface area (Å²) in [5, 5.41) is 2.67. The summed E-state index contributed by atoms with van der Waals surface area (Å²) in [6.07, 6.45) is 0. The van der Waals surface area contributed by atoms with Gasteiger partial charge in [0.1, 0.15) is 5.82 Å². The first-order valence-corrected chi connectivity index (χ1v) is 10.1. The van der Waals surface area contributed by atoms with E-state index in [4.69, 9.17) is 9.47 Å². The van der Waals surface area contributed by atoms with Crippen molar-refractivity contribution in [2.45, 2.75) is 13.5 Å². The lowest BCUT2D eigenvalue weighted by Gasteiger charge is -2.20. The van der Waals surface area contributed by atoms with Crippen molar-refractivity contribution in [3.05, 3.63) is 53.3 Å². The molecule has 0 heterocycles. The van der Waals surface area contributed by atoms with Crippen LogP contribution in [0.1, 0.15) is 11.1 Å². The Labute approximate surface area is 174 Å². The van der Waals surface area contributed by atoms with E-state index < -0.39 is 0 Å². The number of hydrogen-bond donors (Lipinski definition) is 1. The molecule has 0 bridgehead atoms. The zero-order chi connectivity index (χ0) is 21.4. The lowest BCUT2D eigenvalue weighted by Crippen LogP contribution is -2.28. The topological polar surface area (TPSA) is 67.9 Å². The molecule has 0 aromatic heterocycles. The highest BCUT2D eigenvalue weighted by molar-refractivity contribution is 8.00. The van der Waals surface area contributed by atoms with Crippen molar-refractivity contribution in [2.75, 3.05) is 38.1 Å². The van der Waals surface area contributed by atoms with Crippen LogP contribution in [0.3, 0.4) is 0 Å². The summed E-state index contributed by atoms with van der Waals surface area (Å²) >= 11 is 1.23. The first-order valence-electron chi connectivity index (χ1n) is 8.92. The molecule has 2 aromatic carbocycles. The molecule has 0 spiro atoms. The van der Waals surface area contributed by atoms with Gasteiger partial charge in [0.2, 0.25) is 11.8 Å². The van der Waals surface area contributed by atoms with E-state index in [2.05, 4.69) is 5.32 Å². The van der Waals surface area contributed by atoms with E-state index in [1.807, 2.05) is 19.1 Å². The molecule has 0 atom stereocenters. The van der Waals surface area contributed by atoms with Gasteiger partial charge in [0.15, 0.2) is 11.5 Å². The molecule has 0 aliphatic heterocycles. The van der Waals surface area contributed by atoms with Gasteiger partial charge in [0.25, 0.3) is 0 Å². The fourth-order valence-corrected chi connectivity index (χ4v) is 3.36. The summed E-state index contributed by atoms with van der Waals surface area (Å²) in [4.78, 5) is 25.9. The summed E-state index contributed by atoms with van der Waals surface area (Å²) in [6.45, 7) is 2.37. The van der Waals surface area contributed by atoms with E-state index in [9.17, 15) is 14.0 Å². The molecule has 0 saturated heterocycles. The predicted octanol–water partition coefficient (Wildman–Crippen LogP) is 3.48. The molecular formula is C21H25FN2O4S. The number of amides is 2. The predicted molar refractivity (Wildman–Crippen MR) is 113 cm³/mol. The zero-order valence-electron chi connectivity index (χ0n) is 17.0. The molecule has 8 heteroatoms. The van der Waals surface area contributed by atoms with Crippen molar-refractivity contribution in [1.82, 2.24) is 4.90 Å². The molecule has 29 heavy (non-hydrogen) atoms. The molecule has 2 aromatic rings. The highest BCUT2D eigenvalue weighted by Gasteiger charge is 2.14. The number of rotatable bonds is 9. The van der Waals surface area contributed by atoms with Gasteiger partial charge in [0, 0.05) is 19.3 Å². The van der Waals surface area contributed by atoms with Crippen LogP contribution in [0.25, 0.3) is 0 Å². The second kappa shape index (κ2) is 10.7. The SMILES string of the molecule is COc1cc(C)c(CN(C)C(=O)CSCC(=O)Nc2ccc(F)cc2)cc1OC. The number of anilines is 1. The quantitative estimate of drug-likeness (QED) is 0.673. The molecule has 0 fully saturated rings. The van der Waals surface area contributed by atoms with E-state index in [0.717, 1.165) is 11.1 Å². The Kier molecular flexibility index (Phi) is 8.33. The number of methoxy groups -OCH3 is 2. The third-order valence-electron chi connectivity index (χ3n) is 4.26. The Balaban J connectivity index is 1.83. The molecule has 1 N–H and O–H groups in total. The standard InChI is InChI=1S/C21H25FN2O4S/c1-14-9-18(27-3)19(28-4)10-15(14)11-24(2)21(26)13-29-12-20(25)23-17-7-5-16(22)6-8-17/h5-10H,11-13H2,1-4H3,(H,23,25). The number of halogens is 1. The monoisotopic (exact) mass is 420 g/mol. The normalized spacial score (nSPS) is 10.4. The van der Waals surface area contributed by atoms with E-state index in [0.29, 0.717) is 23.7 Å². The van der Waals surface area contributed by atoms with Gasteiger partial charge in [-0.25, -0.2) is 4.39 Å². The summed E-state index contributed by atoms with van der Waals surface area (Å²) < 4.78 is 23.5. The van der Waals surface area contributed by atoms with E-state index >= 15 is 0 Å². The van der Waals surface area contributed by atoms with Crippen molar-refractivity contribution >= 4 is 29.3 Å². The molecule has 6 nitrogen and oxygen atoms in total. The third-order valence-corrected chi connectivity index (χ3v) is 5.18. The van der Waals surface area contributed by atoms with Crippen LogP contribution in [-0.2, 0) is 16.1 Å². The number of nitrogens with zero attached hydrogens (tertiary/aromatic N) is 1. The van der Waals surface area contributed by atoms with Gasteiger partial charge < -0.3 is 19.7 Å². The van der Waals surface area contributed by atoms with Gasteiger partial charge in [-0.1, -0.05) is 0 Å². The molecule has 0 aliphatic carbocycles. The lowest BCUT2D eigenvalue weighted by atomic mass is 10.1. The van der Waals surface area contributed by atoms with Crippen LogP contribution in [0, 0.1) is 12.7 Å². The van der Waals surface area contributed by atoms with E-state index in [1.54, 1.807) is 26.2 Å². The molecule has 0 radical (unpaired) electrons. The largest absolute Gasteiger partial charge is 0.493 e. The number of carbonyl (C=O) groups is 2. The molecule has 0 saturated carbocycles. The first-order chi connectivity index (χ1) is 13.8. The highest BCUT2D eigenvalue weighted by atomic mass is 32.2. The van der Waals surface area contributed by atoms with Crippen molar-refractivity contribution < 1.29 is 23.5 Å². The minimum absolute atomic E-state index is 0.0845. The second-order valence-corrected chi connectivity index (χ2v) is 7.42. The van der Waals surface area contributed by atoms with Crippen LogP contribution >= 0.6 is 11.8 Å². The molecule has 156 valence electrons. The van der Waals surface area contributed by atoms with Crippen molar-refractivity contribution in [1.29, 1.82) is 0 Å². The summed E-state index contributed by atoms with van der Waals surface area (Å²) in [7, 11) is 4.87. The molecule has 2 rings (SSSR count). The van der Waals surface area contributed by atoms with Gasteiger partial charge in [0.05, 0.1) is 25.7 Å². The number of thioether (sulfide) groups is 1. The number of benzene rings is 2. The van der Waals surface area contributed by atoms with E-state index in [1.165, 1.54) is 36.0 Å². The first kappa shape index (κ1) is 22.5. The average Bonchev–Trinajstić information content (AvgIpc) is 2.70. The average molecular weight is 421 g/mol. The van der Waals surface area contributed by atoms with Crippen LogP contribution in [0.5, 0.6) is 11.5 Å². The second-order valence-electron chi connectivity index (χ2n) is 6.43. The third kappa shape index (κ3) is 6.67. The maximum Gasteiger partial charge on any atom is 0.234 e. The summed E-state index contributed by atoms with van der Waals surface area (Å²) in [5.41, 5.74) is 2.47. The molecule has 2 amide bonds. The number of ether oxygens (including phenoxy) is 2. The van der Waals surface area contributed by atoms with Crippen LogP contribution < -0.4 is 14.8 Å². The minimum Gasteiger partial charge on any atom is -0.493 e. The van der Waals surface area contributed by atoms with Crippen LogP contribution in [0.15, 0.2) is 36.4 Å². The number of aryl methyl sites for hydroxylation is 1. The maximum atomic E-state index is 12.9. The van der Waals surface area contributed by atoms with Gasteiger partial charge >= 0.3 is 0 Å². The minimum atomic E-state index is -0.365. The summed E-state index contributed by atoms with van der Waals surface area (Å²) in [6, 6.07) is 9.27. The van der Waals surface area contributed by atoms with Crippen LogP contribution in [0.2, 0.25) is 0 Å². The highest BCUT2D eigenvalue weighted by Crippen LogP contribution is 2.30. The summed E-state index contributed by atoms with van der Waals surface area (Å²) in [5.74, 6) is 0.875. The van der Waals surface area contributed by atoms with Crippen LogP contribution in [-0.4, -0.2) is 49.5 Å². The Bertz CT molecular complexity index is 859. The fourth-order valence-electron chi connectivity index (χ4n) is 2.61. The Hall–Kier alpha value is -2.74.